The zero-order valence-electron chi connectivity index (χ0n) is 16.5. The number of nitrogens with zero attached hydrogens (tertiary/aromatic N) is 1. The molecule has 26 heavy (non-hydrogen) atoms. The maximum atomic E-state index is 6.51. The van der Waals surface area contributed by atoms with Crippen LogP contribution in [0.5, 0.6) is 0 Å². The number of rotatable bonds is 3. The molecule has 1 N–H and O–H groups in total. The van der Waals surface area contributed by atoms with Gasteiger partial charge in [-0.15, -0.1) is 0 Å². The fraction of sp³-hybridized carbons (Fsp3) is 0.391. The van der Waals surface area contributed by atoms with Gasteiger partial charge < -0.3 is 14.5 Å². The molecule has 0 aromatic heterocycles. The highest BCUT2D eigenvalue weighted by atomic mass is 16.5. The van der Waals surface area contributed by atoms with Crippen molar-refractivity contribution in [3.8, 4) is 0 Å². The summed E-state index contributed by atoms with van der Waals surface area (Å²) in [5.74, 6) is 0. The minimum Gasteiger partial charge on any atom is -0.349 e. The van der Waals surface area contributed by atoms with Crippen molar-refractivity contribution in [2.75, 3.05) is 32.1 Å². The Bertz CT molecular complexity index is 851. The second kappa shape index (κ2) is 5.97. The minimum atomic E-state index is -0.401. The van der Waals surface area contributed by atoms with Crippen molar-refractivity contribution < 1.29 is 9.64 Å². The van der Waals surface area contributed by atoms with Gasteiger partial charge >= 0.3 is 0 Å². The summed E-state index contributed by atoms with van der Waals surface area (Å²) in [6, 6.07) is 17.6. The number of hydrogen-bond acceptors (Lipinski definition) is 2. The monoisotopic (exact) mass is 349 g/mol. The summed E-state index contributed by atoms with van der Waals surface area (Å²) in [6.07, 6.45) is 2.29. The van der Waals surface area contributed by atoms with Crippen LogP contribution in [0.25, 0.3) is 6.08 Å². The molecule has 0 saturated carbocycles. The van der Waals surface area contributed by atoms with Crippen molar-refractivity contribution in [2.45, 2.75) is 31.9 Å². The first-order chi connectivity index (χ1) is 12.4. The van der Waals surface area contributed by atoms with E-state index in [-0.39, 0.29) is 5.41 Å². The first-order valence-corrected chi connectivity index (χ1v) is 9.48. The summed E-state index contributed by atoms with van der Waals surface area (Å²) in [4.78, 5) is 3.81. The van der Waals surface area contributed by atoms with E-state index < -0.39 is 5.72 Å². The Balaban J connectivity index is 1.78. The van der Waals surface area contributed by atoms with Crippen LogP contribution in [0.1, 0.15) is 31.9 Å². The number of hydrogen-bond donors (Lipinski definition) is 1. The predicted molar refractivity (Wildman–Crippen MR) is 108 cm³/mol. The van der Waals surface area contributed by atoms with Crippen LogP contribution >= 0.6 is 0 Å². The lowest BCUT2D eigenvalue weighted by atomic mass is 9.74. The van der Waals surface area contributed by atoms with Crippen molar-refractivity contribution >= 4 is 17.5 Å². The molecule has 0 bridgehead atoms. The molecule has 0 amide bonds. The van der Waals surface area contributed by atoms with Crippen molar-refractivity contribution in [3.63, 3.8) is 0 Å². The van der Waals surface area contributed by atoms with Gasteiger partial charge in [0.15, 0.2) is 5.72 Å². The molecule has 2 aromatic carbocycles. The Morgan fingerprint density at radius 2 is 1.77 bits per heavy atom. The van der Waals surface area contributed by atoms with Crippen molar-refractivity contribution in [3.05, 3.63) is 65.2 Å². The summed E-state index contributed by atoms with van der Waals surface area (Å²) in [5.41, 5.74) is 5.97. The quantitative estimate of drug-likeness (QED) is 0.915. The Morgan fingerprint density at radius 1 is 1.08 bits per heavy atom. The summed E-state index contributed by atoms with van der Waals surface area (Å²) in [7, 11) is 4.30. The van der Waals surface area contributed by atoms with Crippen LogP contribution in [0.2, 0.25) is 0 Å². The normalized spacial score (nSPS) is 24.1. The van der Waals surface area contributed by atoms with E-state index in [1.807, 2.05) is 0 Å². The summed E-state index contributed by atoms with van der Waals surface area (Å²) in [5, 5.41) is 0. The van der Waals surface area contributed by atoms with Gasteiger partial charge in [0.2, 0.25) is 0 Å². The number of fused-ring (bicyclic) bond motifs is 3. The van der Waals surface area contributed by atoms with Gasteiger partial charge in [-0.05, 0) is 54.0 Å². The zero-order valence-corrected chi connectivity index (χ0v) is 16.5. The van der Waals surface area contributed by atoms with E-state index in [4.69, 9.17) is 4.74 Å². The van der Waals surface area contributed by atoms with Gasteiger partial charge in [-0.25, -0.2) is 0 Å². The predicted octanol–water partition coefficient (Wildman–Crippen LogP) is 3.39. The van der Waals surface area contributed by atoms with Gasteiger partial charge in [0, 0.05) is 17.6 Å². The van der Waals surface area contributed by atoms with Gasteiger partial charge in [-0.3, -0.25) is 0 Å². The first kappa shape index (κ1) is 17.3. The molecule has 1 atom stereocenters. The molecule has 1 unspecified atom stereocenters. The maximum absolute atomic E-state index is 6.51. The highest BCUT2D eigenvalue weighted by Crippen LogP contribution is 2.57. The van der Waals surface area contributed by atoms with Crippen molar-refractivity contribution in [2.24, 2.45) is 0 Å². The molecule has 2 aliphatic heterocycles. The molecule has 1 saturated heterocycles. The number of nitrogens with one attached hydrogen (secondary N) is 1. The topological polar surface area (TPSA) is 16.9 Å². The molecule has 2 heterocycles. The van der Waals surface area contributed by atoms with E-state index in [1.165, 1.54) is 33.0 Å². The minimum absolute atomic E-state index is 0.103. The molecular formula is C23H29N2O+. The molecule has 2 aliphatic rings. The van der Waals surface area contributed by atoms with E-state index >= 15 is 0 Å². The van der Waals surface area contributed by atoms with E-state index in [1.54, 1.807) is 0 Å². The van der Waals surface area contributed by atoms with Crippen molar-refractivity contribution in [1.82, 2.24) is 0 Å². The molecule has 0 radical (unpaired) electrons. The Labute approximate surface area is 156 Å². The Morgan fingerprint density at radius 3 is 2.46 bits per heavy atom. The molecule has 0 spiro atoms. The SMILES string of the molecule is CC(=Cc1ccc([NH+](C)C)cc1)C12OCCN1c1ccccc1C2(C)C. The van der Waals surface area contributed by atoms with E-state index in [2.05, 4.69) is 94.4 Å². The molecule has 4 rings (SSSR count). The number of benzene rings is 2. The molecule has 136 valence electrons. The van der Waals surface area contributed by atoms with Crippen LogP contribution in [-0.4, -0.2) is 33.0 Å². The lowest BCUT2D eigenvalue weighted by Crippen LogP contribution is -3.00. The number of anilines is 1. The van der Waals surface area contributed by atoms with Crippen LogP contribution in [0.3, 0.4) is 0 Å². The smallest absolute Gasteiger partial charge is 0.172 e. The van der Waals surface area contributed by atoms with Crippen LogP contribution < -0.4 is 9.80 Å². The van der Waals surface area contributed by atoms with Gasteiger partial charge in [0.1, 0.15) is 5.69 Å². The van der Waals surface area contributed by atoms with Crippen LogP contribution in [0, 0.1) is 0 Å². The largest absolute Gasteiger partial charge is 0.349 e. The summed E-state index contributed by atoms with van der Waals surface area (Å²) < 4.78 is 6.51. The molecule has 2 aromatic rings. The van der Waals surface area contributed by atoms with Gasteiger partial charge in [0.25, 0.3) is 0 Å². The summed E-state index contributed by atoms with van der Waals surface area (Å²) in [6.45, 7) is 8.55. The lowest BCUT2D eigenvalue weighted by Gasteiger charge is -2.43. The second-order valence-electron chi connectivity index (χ2n) is 8.24. The van der Waals surface area contributed by atoms with E-state index in [0.717, 1.165) is 13.2 Å². The van der Waals surface area contributed by atoms with Crippen LogP contribution in [0.4, 0.5) is 11.4 Å². The fourth-order valence-corrected chi connectivity index (χ4v) is 4.83. The average molecular weight is 349 g/mol. The van der Waals surface area contributed by atoms with Gasteiger partial charge in [0.05, 0.1) is 20.7 Å². The Hall–Kier alpha value is -2.10. The third-order valence-electron chi connectivity index (χ3n) is 6.13. The highest BCUT2D eigenvalue weighted by molar-refractivity contribution is 5.71. The van der Waals surface area contributed by atoms with Crippen molar-refractivity contribution in [1.29, 1.82) is 0 Å². The highest BCUT2D eigenvalue weighted by Gasteiger charge is 2.61. The number of quaternary nitrogens is 1. The molecular weight excluding hydrogens is 320 g/mol. The zero-order chi connectivity index (χ0) is 18.5. The number of ether oxygens (including phenoxy) is 1. The third-order valence-corrected chi connectivity index (χ3v) is 6.13. The van der Waals surface area contributed by atoms with Gasteiger partial charge in [-0.1, -0.05) is 38.1 Å². The van der Waals surface area contributed by atoms with Crippen LogP contribution in [0.15, 0.2) is 54.1 Å². The standard InChI is InChI=1S/C23H28N2O/c1-17(16-18-10-12-19(13-11-18)24(4)5)23-22(2,3)20-8-6-7-9-21(20)25(23)14-15-26-23/h6-13,16H,14-15H2,1-5H3/p+1. The second-order valence-corrected chi connectivity index (χ2v) is 8.24. The molecule has 3 nitrogen and oxygen atoms in total. The van der Waals surface area contributed by atoms with E-state index in [0.29, 0.717) is 0 Å². The lowest BCUT2D eigenvalue weighted by molar-refractivity contribution is -0.786. The molecule has 0 aliphatic carbocycles. The summed E-state index contributed by atoms with van der Waals surface area (Å²) >= 11 is 0. The molecule has 1 fully saturated rings. The molecule has 3 heteroatoms. The van der Waals surface area contributed by atoms with Crippen LogP contribution in [-0.2, 0) is 10.2 Å². The average Bonchev–Trinajstić information content (AvgIpc) is 3.15. The first-order valence-electron chi connectivity index (χ1n) is 9.48. The Kier molecular flexibility index (Phi) is 3.98. The number of para-hydroxylation sites is 1. The maximum Gasteiger partial charge on any atom is 0.172 e. The third kappa shape index (κ3) is 2.27. The van der Waals surface area contributed by atoms with Gasteiger partial charge in [-0.2, -0.15) is 0 Å². The fourth-order valence-electron chi connectivity index (χ4n) is 4.83. The van der Waals surface area contributed by atoms with E-state index in [9.17, 15) is 0 Å².